The van der Waals surface area contributed by atoms with Crippen LogP contribution in [-0.4, -0.2) is 60.2 Å². The molecule has 0 unspecified atom stereocenters. The summed E-state index contributed by atoms with van der Waals surface area (Å²) in [5, 5.41) is 4.99. The summed E-state index contributed by atoms with van der Waals surface area (Å²) in [7, 11) is 0. The number of nitrogens with zero attached hydrogens (tertiary/aromatic N) is 2. The topological polar surface area (TPSA) is 69.7 Å². The molecule has 0 spiro atoms. The summed E-state index contributed by atoms with van der Waals surface area (Å²) in [5.41, 5.74) is -0.0321. The number of thiophene rings is 1. The number of amides is 3. The summed E-state index contributed by atoms with van der Waals surface area (Å²) in [6, 6.07) is 4.20. The summed E-state index contributed by atoms with van der Waals surface area (Å²) in [6.07, 6.45) is 5.67. The maximum Gasteiger partial charge on any atom is 0.312 e. The molecular weight excluding hydrogens is 350 g/mol. The van der Waals surface area contributed by atoms with Crippen LogP contribution in [0.5, 0.6) is 0 Å². The van der Waals surface area contributed by atoms with Gasteiger partial charge in [0.1, 0.15) is 0 Å². The van der Waals surface area contributed by atoms with Crippen LogP contribution in [0.4, 0.5) is 0 Å². The molecule has 1 saturated carbocycles. The fourth-order valence-corrected chi connectivity index (χ4v) is 5.00. The Hall–Kier alpha value is -1.89. The van der Waals surface area contributed by atoms with Crippen LogP contribution in [0.15, 0.2) is 17.5 Å². The molecule has 1 aromatic heterocycles. The molecular formula is C19H27N3O3S. The molecule has 1 N–H and O–H groups in total. The van der Waals surface area contributed by atoms with Crippen molar-refractivity contribution >= 4 is 29.1 Å². The van der Waals surface area contributed by atoms with E-state index in [1.807, 2.05) is 0 Å². The Balaban J connectivity index is 1.57. The molecule has 7 heteroatoms. The number of piperazine rings is 1. The quantitative estimate of drug-likeness (QED) is 0.816. The van der Waals surface area contributed by atoms with Crippen LogP contribution in [0.3, 0.4) is 0 Å². The van der Waals surface area contributed by atoms with Crippen LogP contribution in [0.1, 0.15) is 43.9 Å². The Kier molecular flexibility index (Phi) is 5.96. The van der Waals surface area contributed by atoms with E-state index in [0.717, 1.165) is 25.7 Å². The Morgan fingerprint density at radius 3 is 2.31 bits per heavy atom. The molecule has 1 aromatic rings. The fraction of sp³-hybridized carbons (Fsp3) is 0.632. The highest BCUT2D eigenvalue weighted by atomic mass is 32.1. The predicted molar refractivity (Wildman–Crippen MR) is 101 cm³/mol. The van der Waals surface area contributed by atoms with Crippen LogP contribution < -0.4 is 5.32 Å². The fourth-order valence-electron chi connectivity index (χ4n) is 4.01. The second-order valence-electron chi connectivity index (χ2n) is 7.30. The van der Waals surface area contributed by atoms with E-state index < -0.39 is 11.8 Å². The van der Waals surface area contributed by atoms with Gasteiger partial charge in [-0.1, -0.05) is 25.3 Å². The molecule has 1 aliphatic heterocycles. The molecule has 0 radical (unpaired) electrons. The second-order valence-corrected chi connectivity index (χ2v) is 8.25. The normalized spacial score (nSPS) is 19.9. The number of hydrogen-bond acceptors (Lipinski definition) is 4. The van der Waals surface area contributed by atoms with Gasteiger partial charge < -0.3 is 15.1 Å². The van der Waals surface area contributed by atoms with Crippen molar-refractivity contribution in [2.75, 3.05) is 32.7 Å². The molecule has 3 rings (SSSR count). The van der Waals surface area contributed by atoms with Crippen molar-refractivity contribution in [3.8, 4) is 0 Å². The number of hydrogen-bond donors (Lipinski definition) is 1. The van der Waals surface area contributed by atoms with Gasteiger partial charge in [-0.05, 0) is 24.3 Å². The van der Waals surface area contributed by atoms with Gasteiger partial charge in [-0.15, -0.1) is 11.3 Å². The Bertz CT molecular complexity index is 645. The number of rotatable bonds is 3. The van der Waals surface area contributed by atoms with Crippen LogP contribution in [0, 0.1) is 0 Å². The smallest absolute Gasteiger partial charge is 0.312 e. The highest BCUT2D eigenvalue weighted by Gasteiger charge is 2.36. The van der Waals surface area contributed by atoms with E-state index >= 15 is 0 Å². The second kappa shape index (κ2) is 8.20. The molecule has 26 heavy (non-hydrogen) atoms. The highest BCUT2D eigenvalue weighted by molar-refractivity contribution is 7.10. The third-order valence-corrected chi connectivity index (χ3v) is 6.76. The summed E-state index contributed by atoms with van der Waals surface area (Å²) >= 11 is 1.74. The summed E-state index contributed by atoms with van der Waals surface area (Å²) in [5.74, 6) is -0.996. The van der Waals surface area contributed by atoms with Gasteiger partial charge in [0, 0.05) is 49.9 Å². The van der Waals surface area contributed by atoms with Crippen molar-refractivity contribution in [1.82, 2.24) is 15.1 Å². The molecule has 142 valence electrons. The maximum absolute atomic E-state index is 12.5. The van der Waals surface area contributed by atoms with E-state index in [1.54, 1.807) is 21.1 Å². The maximum atomic E-state index is 12.5. The highest BCUT2D eigenvalue weighted by Crippen LogP contribution is 2.41. The van der Waals surface area contributed by atoms with Crippen LogP contribution >= 0.6 is 11.3 Å². The summed E-state index contributed by atoms with van der Waals surface area (Å²) < 4.78 is 0. The molecule has 6 nitrogen and oxygen atoms in total. The lowest BCUT2D eigenvalue weighted by molar-refractivity contribution is -0.148. The van der Waals surface area contributed by atoms with E-state index in [-0.39, 0.29) is 11.3 Å². The third-order valence-electron chi connectivity index (χ3n) is 5.65. The van der Waals surface area contributed by atoms with Crippen molar-refractivity contribution in [1.29, 1.82) is 0 Å². The molecule has 2 heterocycles. The molecule has 0 aromatic carbocycles. The van der Waals surface area contributed by atoms with Crippen LogP contribution in [0.25, 0.3) is 0 Å². The Morgan fingerprint density at radius 2 is 1.73 bits per heavy atom. The molecule has 3 amide bonds. The van der Waals surface area contributed by atoms with E-state index in [1.165, 1.54) is 18.2 Å². The van der Waals surface area contributed by atoms with Gasteiger partial charge >= 0.3 is 11.8 Å². The lowest BCUT2D eigenvalue weighted by Gasteiger charge is -2.37. The first-order valence-electron chi connectivity index (χ1n) is 9.38. The number of nitrogens with one attached hydrogen (secondary N) is 1. The number of carbonyl (C=O) groups is 3. The van der Waals surface area contributed by atoms with Gasteiger partial charge in [0.15, 0.2) is 0 Å². The van der Waals surface area contributed by atoms with Crippen molar-refractivity contribution in [2.45, 2.75) is 44.4 Å². The van der Waals surface area contributed by atoms with Gasteiger partial charge in [0.2, 0.25) is 5.91 Å². The van der Waals surface area contributed by atoms with E-state index in [2.05, 4.69) is 22.8 Å². The Morgan fingerprint density at radius 1 is 1.08 bits per heavy atom. The van der Waals surface area contributed by atoms with Gasteiger partial charge in [0.25, 0.3) is 0 Å². The molecule has 1 aliphatic carbocycles. The average molecular weight is 378 g/mol. The van der Waals surface area contributed by atoms with Gasteiger partial charge in [-0.3, -0.25) is 14.4 Å². The SMILES string of the molecule is CC(=O)N1CCN(C(=O)C(=O)NCC2(c3cccs3)CCCCC2)CC1. The first-order valence-corrected chi connectivity index (χ1v) is 10.3. The van der Waals surface area contributed by atoms with E-state index in [9.17, 15) is 14.4 Å². The first-order chi connectivity index (χ1) is 12.5. The standard InChI is InChI=1S/C19H27N3O3S/c1-15(23)21-9-11-22(12-10-21)18(25)17(24)20-14-19(7-3-2-4-8-19)16-6-5-13-26-16/h5-6,13H,2-4,7-12,14H2,1H3,(H,20,24). The van der Waals surface area contributed by atoms with Crippen LogP contribution in [0.2, 0.25) is 0 Å². The van der Waals surface area contributed by atoms with Crippen molar-refractivity contribution in [3.05, 3.63) is 22.4 Å². The number of carbonyl (C=O) groups excluding carboxylic acids is 3. The molecule has 0 bridgehead atoms. The van der Waals surface area contributed by atoms with Crippen LogP contribution in [-0.2, 0) is 19.8 Å². The van der Waals surface area contributed by atoms with Crippen molar-refractivity contribution in [2.24, 2.45) is 0 Å². The lowest BCUT2D eigenvalue weighted by Crippen LogP contribution is -2.54. The zero-order valence-corrected chi connectivity index (χ0v) is 16.1. The lowest BCUT2D eigenvalue weighted by atomic mass is 9.73. The monoisotopic (exact) mass is 377 g/mol. The zero-order valence-electron chi connectivity index (χ0n) is 15.3. The third kappa shape index (κ3) is 4.09. The van der Waals surface area contributed by atoms with E-state index in [4.69, 9.17) is 0 Å². The Labute approximate surface area is 158 Å². The minimum absolute atomic E-state index is 0.0109. The average Bonchev–Trinajstić information content (AvgIpc) is 3.22. The largest absolute Gasteiger partial charge is 0.347 e. The minimum atomic E-state index is -0.525. The molecule has 0 atom stereocenters. The van der Waals surface area contributed by atoms with Crippen molar-refractivity contribution < 1.29 is 14.4 Å². The molecule has 1 saturated heterocycles. The van der Waals surface area contributed by atoms with E-state index in [0.29, 0.717) is 32.7 Å². The first kappa shape index (κ1) is 18.9. The molecule has 2 aliphatic rings. The minimum Gasteiger partial charge on any atom is -0.347 e. The summed E-state index contributed by atoms with van der Waals surface area (Å²) in [4.78, 5) is 40.8. The van der Waals surface area contributed by atoms with Gasteiger partial charge in [-0.25, -0.2) is 0 Å². The summed E-state index contributed by atoms with van der Waals surface area (Å²) in [6.45, 7) is 3.87. The predicted octanol–water partition coefficient (Wildman–Crippen LogP) is 1.76. The van der Waals surface area contributed by atoms with Gasteiger partial charge in [-0.2, -0.15) is 0 Å². The zero-order chi connectivity index (χ0) is 18.6. The van der Waals surface area contributed by atoms with Crippen molar-refractivity contribution in [3.63, 3.8) is 0 Å². The molecule has 2 fully saturated rings. The van der Waals surface area contributed by atoms with Gasteiger partial charge in [0.05, 0.1) is 0 Å².